The summed E-state index contributed by atoms with van der Waals surface area (Å²) in [6.07, 6.45) is 4.86. The first-order chi connectivity index (χ1) is 25.2. The average Bonchev–Trinajstić information content (AvgIpc) is 3.93. The molecule has 0 N–H and O–H groups in total. The standard InChI is InChI=1S/C35H37ClF2N8O4.C2H6/c1-3-24(2)46-34(47)44(23-41-46)27-7-5-26(6-8-27)42-14-16-43(17-15-42)28-9-11-33(32(38)19-28)48-20-29-21-49-35(50-29,22-45-39-12-13-40-45)30-10-4-25(37)18-31(30)36;1-2/h4-13,18-19,23-24,29H,3,14-17,20-22H2,1-2H3;1-2H3. The zero-order chi connectivity index (χ0) is 36.8. The zero-order valence-electron chi connectivity index (χ0n) is 29.7. The topological polar surface area (TPSA) is 105 Å². The number of aromatic nitrogens is 6. The van der Waals surface area contributed by atoms with Crippen molar-refractivity contribution in [2.75, 3.05) is 49.2 Å². The van der Waals surface area contributed by atoms with Crippen LogP contribution in [0.15, 0.2) is 84.2 Å². The van der Waals surface area contributed by atoms with Gasteiger partial charge in [0.15, 0.2) is 11.6 Å². The number of hydrogen-bond donors (Lipinski definition) is 0. The van der Waals surface area contributed by atoms with E-state index in [1.165, 1.54) is 46.1 Å². The second kappa shape index (κ2) is 16.3. The Labute approximate surface area is 306 Å². The normalized spacial score (nSPS) is 19.3. The van der Waals surface area contributed by atoms with Crippen LogP contribution in [0.25, 0.3) is 5.69 Å². The van der Waals surface area contributed by atoms with Gasteiger partial charge in [-0.3, -0.25) is 0 Å². The molecule has 2 aliphatic heterocycles. The number of piperazine rings is 1. The van der Waals surface area contributed by atoms with E-state index >= 15 is 4.39 Å². The van der Waals surface area contributed by atoms with Gasteiger partial charge in [-0.15, -0.1) is 0 Å². The number of hydrogen-bond acceptors (Lipinski definition) is 9. The first-order valence-corrected chi connectivity index (χ1v) is 17.9. The summed E-state index contributed by atoms with van der Waals surface area (Å²) in [6, 6.07) is 16.8. The maximum Gasteiger partial charge on any atom is 0.350 e. The third-order valence-electron chi connectivity index (χ3n) is 9.20. The van der Waals surface area contributed by atoms with Crippen LogP contribution >= 0.6 is 11.6 Å². The van der Waals surface area contributed by atoms with Crippen LogP contribution in [0.3, 0.4) is 0 Å². The smallest absolute Gasteiger partial charge is 0.350 e. The Morgan fingerprint density at radius 2 is 1.58 bits per heavy atom. The fourth-order valence-electron chi connectivity index (χ4n) is 6.27. The number of halogens is 3. The van der Waals surface area contributed by atoms with Crippen molar-refractivity contribution in [3.05, 3.63) is 112 Å². The molecule has 2 saturated heterocycles. The molecule has 0 amide bonds. The Kier molecular flexibility index (Phi) is 11.6. The molecule has 4 heterocycles. The van der Waals surface area contributed by atoms with Gasteiger partial charge in [0, 0.05) is 49.2 Å². The Morgan fingerprint density at radius 3 is 2.23 bits per heavy atom. The summed E-state index contributed by atoms with van der Waals surface area (Å²) < 4.78 is 50.5. The molecule has 0 spiro atoms. The van der Waals surface area contributed by atoms with Crippen molar-refractivity contribution in [2.24, 2.45) is 0 Å². The molecule has 7 rings (SSSR count). The molecule has 0 bridgehead atoms. The molecule has 3 atom stereocenters. The number of anilines is 2. The third-order valence-corrected chi connectivity index (χ3v) is 9.51. The first kappa shape index (κ1) is 37.0. The highest BCUT2D eigenvalue weighted by atomic mass is 35.5. The summed E-state index contributed by atoms with van der Waals surface area (Å²) in [5.41, 5.74) is 2.85. The highest BCUT2D eigenvalue weighted by Gasteiger charge is 2.46. The number of ether oxygens (including phenoxy) is 3. The van der Waals surface area contributed by atoms with Crippen LogP contribution in [0.2, 0.25) is 5.02 Å². The van der Waals surface area contributed by atoms with E-state index in [1.54, 1.807) is 17.0 Å². The van der Waals surface area contributed by atoms with Gasteiger partial charge in [0.05, 0.1) is 35.8 Å². The molecule has 3 unspecified atom stereocenters. The Hall–Kier alpha value is -4.79. The van der Waals surface area contributed by atoms with E-state index in [-0.39, 0.29) is 42.3 Å². The van der Waals surface area contributed by atoms with Crippen molar-refractivity contribution >= 4 is 23.0 Å². The summed E-state index contributed by atoms with van der Waals surface area (Å²) in [6.45, 7) is 11.1. The lowest BCUT2D eigenvalue weighted by atomic mass is 10.1. The van der Waals surface area contributed by atoms with Gasteiger partial charge in [0.2, 0.25) is 5.79 Å². The quantitative estimate of drug-likeness (QED) is 0.156. The minimum Gasteiger partial charge on any atom is -0.488 e. The van der Waals surface area contributed by atoms with Gasteiger partial charge < -0.3 is 24.0 Å². The second-order valence-corrected chi connectivity index (χ2v) is 12.8. The second-order valence-electron chi connectivity index (χ2n) is 12.4. The number of nitrogens with zero attached hydrogens (tertiary/aromatic N) is 8. The number of rotatable bonds is 11. The Balaban J connectivity index is 0.00000228. The molecule has 2 aromatic heterocycles. The summed E-state index contributed by atoms with van der Waals surface area (Å²) in [4.78, 5) is 18.6. The average molecular weight is 737 g/mol. The van der Waals surface area contributed by atoms with Gasteiger partial charge >= 0.3 is 5.69 Å². The van der Waals surface area contributed by atoms with Crippen molar-refractivity contribution in [3.8, 4) is 11.4 Å². The van der Waals surface area contributed by atoms with Crippen LogP contribution in [-0.4, -0.2) is 74.8 Å². The van der Waals surface area contributed by atoms with E-state index in [0.29, 0.717) is 18.7 Å². The fraction of sp³-hybridized carbons (Fsp3) is 0.405. The maximum absolute atomic E-state index is 15.3. The molecule has 2 fully saturated rings. The van der Waals surface area contributed by atoms with Crippen molar-refractivity contribution in [1.82, 2.24) is 29.3 Å². The van der Waals surface area contributed by atoms with Gasteiger partial charge in [-0.05, 0) is 67.9 Å². The first-order valence-electron chi connectivity index (χ1n) is 17.5. The lowest BCUT2D eigenvalue weighted by Gasteiger charge is -2.37. The van der Waals surface area contributed by atoms with E-state index in [9.17, 15) is 9.18 Å². The molecule has 52 heavy (non-hydrogen) atoms. The van der Waals surface area contributed by atoms with Crippen LogP contribution in [-0.2, 0) is 21.8 Å². The summed E-state index contributed by atoms with van der Waals surface area (Å²) in [7, 11) is 0. The Bertz CT molecular complexity index is 1980. The summed E-state index contributed by atoms with van der Waals surface area (Å²) in [5.74, 6) is -2.27. The highest BCUT2D eigenvalue weighted by molar-refractivity contribution is 6.31. The largest absolute Gasteiger partial charge is 0.488 e. The van der Waals surface area contributed by atoms with E-state index in [2.05, 4.69) is 25.1 Å². The minimum absolute atomic E-state index is 0.00959. The summed E-state index contributed by atoms with van der Waals surface area (Å²) >= 11 is 6.39. The highest BCUT2D eigenvalue weighted by Crippen LogP contribution is 2.40. The van der Waals surface area contributed by atoms with Crippen molar-refractivity contribution in [1.29, 1.82) is 0 Å². The van der Waals surface area contributed by atoms with Crippen LogP contribution < -0.4 is 20.2 Å². The molecule has 0 saturated carbocycles. The van der Waals surface area contributed by atoms with Crippen LogP contribution in [0.5, 0.6) is 5.75 Å². The molecule has 276 valence electrons. The van der Waals surface area contributed by atoms with Gasteiger partial charge in [0.25, 0.3) is 0 Å². The van der Waals surface area contributed by atoms with E-state index < -0.39 is 23.5 Å². The van der Waals surface area contributed by atoms with Crippen LogP contribution in [0.4, 0.5) is 20.2 Å². The predicted molar refractivity (Wildman–Crippen MR) is 194 cm³/mol. The SMILES string of the molecule is CC.CCC(C)n1ncn(-c2ccc(N3CCN(c4ccc(OCC5COC(Cn6nccn6)(c6ccc(F)cc6Cl)O5)c(F)c4)CC3)cc2)c1=O. The molecule has 0 aliphatic carbocycles. The monoisotopic (exact) mass is 736 g/mol. The van der Waals surface area contributed by atoms with E-state index in [1.807, 2.05) is 58.0 Å². The lowest BCUT2D eigenvalue weighted by Crippen LogP contribution is -2.46. The Morgan fingerprint density at radius 1 is 0.923 bits per heavy atom. The van der Waals surface area contributed by atoms with Crippen molar-refractivity contribution in [2.45, 2.75) is 58.6 Å². The molecule has 2 aliphatic rings. The minimum atomic E-state index is -1.39. The van der Waals surface area contributed by atoms with Gasteiger partial charge in [-0.2, -0.15) is 20.1 Å². The van der Waals surface area contributed by atoms with E-state index in [0.717, 1.165) is 36.6 Å². The molecular weight excluding hydrogens is 694 g/mol. The zero-order valence-corrected chi connectivity index (χ0v) is 30.4. The lowest BCUT2D eigenvalue weighted by molar-refractivity contribution is -0.192. The van der Waals surface area contributed by atoms with E-state index in [4.69, 9.17) is 25.8 Å². The van der Waals surface area contributed by atoms with Crippen LogP contribution in [0, 0.1) is 11.6 Å². The predicted octanol–water partition coefficient (Wildman–Crippen LogP) is 6.23. The third kappa shape index (κ3) is 7.83. The molecule has 12 nitrogen and oxygen atoms in total. The molecule has 3 aromatic carbocycles. The molecule has 15 heteroatoms. The molecule has 0 radical (unpaired) electrons. The van der Waals surface area contributed by atoms with Crippen molar-refractivity contribution in [3.63, 3.8) is 0 Å². The van der Waals surface area contributed by atoms with Gasteiger partial charge in [-0.1, -0.05) is 32.4 Å². The molecule has 5 aromatic rings. The maximum atomic E-state index is 15.3. The molecular formula is C37H43ClF2N8O4. The summed E-state index contributed by atoms with van der Waals surface area (Å²) in [5, 5.41) is 12.7. The fourth-order valence-corrected chi connectivity index (χ4v) is 6.58. The van der Waals surface area contributed by atoms with Gasteiger partial charge in [-0.25, -0.2) is 22.8 Å². The number of benzene rings is 3. The van der Waals surface area contributed by atoms with Crippen molar-refractivity contribution < 1.29 is 23.0 Å². The van der Waals surface area contributed by atoms with Crippen LogP contribution in [0.1, 0.15) is 45.7 Å². The van der Waals surface area contributed by atoms with Gasteiger partial charge in [0.1, 0.15) is 31.4 Å².